The van der Waals surface area contributed by atoms with E-state index < -0.39 is 0 Å². The number of likely N-dealkylation sites (tertiary alicyclic amines) is 1. The van der Waals surface area contributed by atoms with Crippen LogP contribution in [0.3, 0.4) is 0 Å². The number of piperidine rings is 1. The van der Waals surface area contributed by atoms with Crippen molar-refractivity contribution in [3.8, 4) is 0 Å². The first kappa shape index (κ1) is 12.0. The minimum Gasteiger partial charge on any atom is -0.329 e. The summed E-state index contributed by atoms with van der Waals surface area (Å²) in [7, 11) is 0. The van der Waals surface area contributed by atoms with E-state index in [1.807, 2.05) is 0 Å². The maximum Gasteiger partial charge on any atom is 0.0249 e. The molecule has 2 aliphatic carbocycles. The molecular weight excluding hydrogens is 208 g/mol. The molecule has 0 bridgehead atoms. The number of nitrogens with two attached hydrogens (primary N) is 1. The minimum absolute atomic E-state index is 0.717. The van der Waals surface area contributed by atoms with Gasteiger partial charge >= 0.3 is 0 Å². The first-order valence-corrected chi connectivity index (χ1v) is 7.86. The van der Waals surface area contributed by atoms with Crippen LogP contribution in [0.4, 0.5) is 0 Å². The zero-order valence-electron chi connectivity index (χ0n) is 11.1. The van der Waals surface area contributed by atoms with E-state index >= 15 is 0 Å². The fourth-order valence-electron chi connectivity index (χ4n) is 4.50. The van der Waals surface area contributed by atoms with Gasteiger partial charge in [-0.15, -0.1) is 0 Å². The third-order valence-electron chi connectivity index (χ3n) is 5.65. The second-order valence-corrected chi connectivity index (χ2v) is 6.49. The maximum atomic E-state index is 6.09. The Morgan fingerprint density at radius 2 is 1.71 bits per heavy atom. The van der Waals surface area contributed by atoms with Gasteiger partial charge in [0.1, 0.15) is 0 Å². The fraction of sp³-hybridized carbons (Fsp3) is 1.00. The molecule has 1 unspecified atom stereocenters. The van der Waals surface area contributed by atoms with Crippen molar-refractivity contribution in [3.05, 3.63) is 0 Å². The molecule has 2 N–H and O–H groups in total. The van der Waals surface area contributed by atoms with Crippen LogP contribution in [0.2, 0.25) is 0 Å². The molecule has 1 heterocycles. The quantitative estimate of drug-likeness (QED) is 0.816. The number of nitrogens with zero attached hydrogens (tertiary/aromatic N) is 1. The molecule has 1 saturated heterocycles. The van der Waals surface area contributed by atoms with Gasteiger partial charge in [0, 0.05) is 18.6 Å². The molecule has 3 aliphatic rings. The van der Waals surface area contributed by atoms with Crippen molar-refractivity contribution in [3.63, 3.8) is 0 Å². The Morgan fingerprint density at radius 3 is 2.41 bits per heavy atom. The summed E-state index contributed by atoms with van der Waals surface area (Å²) in [5.41, 5.74) is 6.09. The molecule has 0 aromatic carbocycles. The lowest BCUT2D eigenvalue weighted by Crippen LogP contribution is -2.57. The molecule has 0 radical (unpaired) electrons. The van der Waals surface area contributed by atoms with Gasteiger partial charge in [-0.05, 0) is 56.9 Å². The Kier molecular flexibility index (Phi) is 3.72. The van der Waals surface area contributed by atoms with Crippen LogP contribution in [0, 0.1) is 11.8 Å². The highest BCUT2D eigenvalue weighted by molar-refractivity contribution is 4.94. The van der Waals surface area contributed by atoms with E-state index in [2.05, 4.69) is 4.90 Å². The third-order valence-corrected chi connectivity index (χ3v) is 5.65. The standard InChI is InChI=1S/C15H28N2/c16-11-15(13-6-3-7-13)17-10-4-8-12-5-1-2-9-14(12)17/h12-15H,1-11,16H2/t12-,14-,15?/m1/s1. The van der Waals surface area contributed by atoms with Crippen molar-refractivity contribution in [2.45, 2.75) is 69.9 Å². The monoisotopic (exact) mass is 236 g/mol. The van der Waals surface area contributed by atoms with E-state index in [1.165, 1.54) is 64.3 Å². The molecule has 2 heteroatoms. The largest absolute Gasteiger partial charge is 0.329 e. The van der Waals surface area contributed by atoms with Crippen LogP contribution in [-0.4, -0.2) is 30.1 Å². The Morgan fingerprint density at radius 1 is 0.941 bits per heavy atom. The Balaban J connectivity index is 1.70. The van der Waals surface area contributed by atoms with Gasteiger partial charge in [-0.3, -0.25) is 4.90 Å². The molecule has 3 atom stereocenters. The predicted molar refractivity (Wildman–Crippen MR) is 71.9 cm³/mol. The Labute approximate surface area is 106 Å². The van der Waals surface area contributed by atoms with Gasteiger partial charge in [0.25, 0.3) is 0 Å². The SMILES string of the molecule is NCC(C1CCC1)N1CCC[C@H]2CCCC[C@H]21. The van der Waals surface area contributed by atoms with Crippen molar-refractivity contribution in [2.75, 3.05) is 13.1 Å². The molecule has 3 rings (SSSR count). The summed E-state index contributed by atoms with van der Waals surface area (Å²) >= 11 is 0. The molecule has 1 aliphatic heterocycles. The Bertz CT molecular complexity index is 245. The van der Waals surface area contributed by atoms with Crippen molar-refractivity contribution in [1.29, 1.82) is 0 Å². The summed E-state index contributed by atoms with van der Waals surface area (Å²) in [5.74, 6) is 1.94. The highest BCUT2D eigenvalue weighted by Crippen LogP contribution is 2.40. The van der Waals surface area contributed by atoms with Crippen molar-refractivity contribution >= 4 is 0 Å². The lowest BCUT2D eigenvalue weighted by molar-refractivity contribution is -0.00723. The summed E-state index contributed by atoms with van der Waals surface area (Å²) in [5, 5.41) is 0. The van der Waals surface area contributed by atoms with Gasteiger partial charge in [-0.1, -0.05) is 19.3 Å². The van der Waals surface area contributed by atoms with Crippen LogP contribution in [0.25, 0.3) is 0 Å². The summed E-state index contributed by atoms with van der Waals surface area (Å²) in [6.45, 7) is 2.23. The number of fused-ring (bicyclic) bond motifs is 1. The molecule has 0 aromatic rings. The van der Waals surface area contributed by atoms with Crippen LogP contribution >= 0.6 is 0 Å². The van der Waals surface area contributed by atoms with Gasteiger partial charge in [0.15, 0.2) is 0 Å². The fourth-order valence-corrected chi connectivity index (χ4v) is 4.50. The van der Waals surface area contributed by atoms with E-state index in [-0.39, 0.29) is 0 Å². The molecular formula is C15H28N2. The van der Waals surface area contributed by atoms with E-state index in [4.69, 9.17) is 5.73 Å². The van der Waals surface area contributed by atoms with Gasteiger partial charge in [0.2, 0.25) is 0 Å². The third kappa shape index (κ3) is 2.26. The molecule has 0 spiro atoms. The predicted octanol–water partition coefficient (Wildman–Crippen LogP) is 2.77. The van der Waals surface area contributed by atoms with E-state index in [0.29, 0.717) is 0 Å². The average Bonchev–Trinajstić information content (AvgIpc) is 2.33. The normalized spacial score (nSPS) is 37.2. The smallest absolute Gasteiger partial charge is 0.0249 e. The first-order chi connectivity index (χ1) is 8.40. The molecule has 17 heavy (non-hydrogen) atoms. The minimum atomic E-state index is 0.717. The van der Waals surface area contributed by atoms with Crippen LogP contribution in [0.1, 0.15) is 57.8 Å². The first-order valence-electron chi connectivity index (χ1n) is 7.86. The second kappa shape index (κ2) is 5.27. The maximum absolute atomic E-state index is 6.09. The van der Waals surface area contributed by atoms with Crippen LogP contribution in [0.5, 0.6) is 0 Å². The van der Waals surface area contributed by atoms with Gasteiger partial charge < -0.3 is 5.73 Å². The molecule has 98 valence electrons. The van der Waals surface area contributed by atoms with E-state index in [9.17, 15) is 0 Å². The van der Waals surface area contributed by atoms with Gasteiger partial charge in [-0.2, -0.15) is 0 Å². The lowest BCUT2D eigenvalue weighted by Gasteiger charge is -2.51. The molecule has 2 saturated carbocycles. The molecule has 2 nitrogen and oxygen atoms in total. The van der Waals surface area contributed by atoms with Crippen LogP contribution < -0.4 is 5.73 Å². The van der Waals surface area contributed by atoms with Crippen molar-refractivity contribution in [1.82, 2.24) is 4.90 Å². The highest BCUT2D eigenvalue weighted by Gasteiger charge is 2.39. The number of hydrogen-bond donors (Lipinski definition) is 1. The average molecular weight is 236 g/mol. The van der Waals surface area contributed by atoms with Crippen molar-refractivity contribution in [2.24, 2.45) is 17.6 Å². The second-order valence-electron chi connectivity index (χ2n) is 6.49. The van der Waals surface area contributed by atoms with Crippen LogP contribution in [-0.2, 0) is 0 Å². The van der Waals surface area contributed by atoms with Crippen molar-refractivity contribution < 1.29 is 0 Å². The Hall–Kier alpha value is -0.0800. The van der Waals surface area contributed by atoms with E-state index in [1.54, 1.807) is 0 Å². The topological polar surface area (TPSA) is 29.3 Å². The lowest BCUT2D eigenvalue weighted by atomic mass is 9.74. The highest BCUT2D eigenvalue weighted by atomic mass is 15.2. The van der Waals surface area contributed by atoms with E-state index in [0.717, 1.165) is 30.5 Å². The summed E-state index contributed by atoms with van der Waals surface area (Å²) in [6.07, 6.45) is 13.1. The number of rotatable bonds is 3. The molecule has 0 aromatic heterocycles. The summed E-state index contributed by atoms with van der Waals surface area (Å²) < 4.78 is 0. The summed E-state index contributed by atoms with van der Waals surface area (Å²) in [6, 6.07) is 1.61. The zero-order chi connectivity index (χ0) is 11.7. The molecule has 3 fully saturated rings. The zero-order valence-corrected chi connectivity index (χ0v) is 11.1. The van der Waals surface area contributed by atoms with Gasteiger partial charge in [-0.25, -0.2) is 0 Å². The number of hydrogen-bond acceptors (Lipinski definition) is 2. The van der Waals surface area contributed by atoms with Crippen LogP contribution in [0.15, 0.2) is 0 Å². The molecule has 0 amide bonds. The van der Waals surface area contributed by atoms with Gasteiger partial charge in [0.05, 0.1) is 0 Å². The summed E-state index contributed by atoms with van der Waals surface area (Å²) in [4.78, 5) is 2.84.